The summed E-state index contributed by atoms with van der Waals surface area (Å²) in [6.07, 6.45) is 13.2. The molecule has 2 N–H and O–H groups in total. The van der Waals surface area contributed by atoms with Crippen molar-refractivity contribution in [2.75, 3.05) is 11.9 Å². The minimum absolute atomic E-state index is 0.0446. The molecule has 3 aromatic heterocycles. The highest BCUT2D eigenvalue weighted by atomic mass is 16.2. The lowest BCUT2D eigenvalue weighted by Crippen LogP contribution is -2.29. The molecule has 142 valence electrons. The van der Waals surface area contributed by atoms with Crippen LogP contribution < -0.4 is 5.32 Å². The average molecular weight is 376 g/mol. The number of carbonyl (C=O) groups excluding carboxylic acids is 1. The highest BCUT2D eigenvalue weighted by Crippen LogP contribution is 2.32. The number of hydrogen-bond donors (Lipinski definition) is 2. The number of likely N-dealkylation sites (tertiary alicyclic amines) is 1. The topological polar surface area (TPSA) is 113 Å². The molecule has 1 atom stereocenters. The summed E-state index contributed by atoms with van der Waals surface area (Å²) in [5, 5.41) is 3.14. The van der Waals surface area contributed by atoms with E-state index >= 15 is 0 Å². The largest absolute Gasteiger partial charge is 0.345 e. The highest BCUT2D eigenvalue weighted by Gasteiger charge is 2.30. The van der Waals surface area contributed by atoms with Crippen LogP contribution in [-0.2, 0) is 4.79 Å². The van der Waals surface area contributed by atoms with Gasteiger partial charge in [0.25, 0.3) is 0 Å². The van der Waals surface area contributed by atoms with E-state index in [2.05, 4.69) is 35.2 Å². The minimum atomic E-state index is -0.0805. The number of hydrogen-bond acceptors (Lipinski definition) is 7. The molecule has 1 fully saturated rings. The smallest absolute Gasteiger partial charge is 0.247 e. The third kappa shape index (κ3) is 4.03. The second-order valence-corrected chi connectivity index (χ2v) is 6.47. The SMILES string of the molecule is Cc1nc(Nc2cnccn2)cc([C@@H]2CCCN2C(=O)/C=C/c2cnc[nH]2)n1. The molecule has 9 nitrogen and oxygen atoms in total. The second kappa shape index (κ2) is 7.95. The fourth-order valence-corrected chi connectivity index (χ4v) is 3.27. The summed E-state index contributed by atoms with van der Waals surface area (Å²) in [5.74, 6) is 1.83. The minimum Gasteiger partial charge on any atom is -0.345 e. The Morgan fingerprint density at radius 2 is 2.18 bits per heavy atom. The summed E-state index contributed by atoms with van der Waals surface area (Å²) < 4.78 is 0. The van der Waals surface area contributed by atoms with Crippen LogP contribution in [0.1, 0.15) is 36.1 Å². The van der Waals surface area contributed by atoms with Gasteiger partial charge in [-0.25, -0.2) is 19.9 Å². The second-order valence-electron chi connectivity index (χ2n) is 6.47. The number of anilines is 2. The van der Waals surface area contributed by atoms with Gasteiger partial charge in [-0.3, -0.25) is 9.78 Å². The van der Waals surface area contributed by atoms with Crippen molar-refractivity contribution >= 4 is 23.6 Å². The van der Waals surface area contributed by atoms with Crippen molar-refractivity contribution < 1.29 is 4.79 Å². The summed E-state index contributed by atoms with van der Waals surface area (Å²) in [7, 11) is 0. The number of rotatable bonds is 5. The molecule has 0 aliphatic carbocycles. The van der Waals surface area contributed by atoms with Crippen LogP contribution in [0.2, 0.25) is 0 Å². The van der Waals surface area contributed by atoms with E-state index in [9.17, 15) is 4.79 Å². The van der Waals surface area contributed by atoms with E-state index in [1.165, 1.54) is 0 Å². The third-order valence-electron chi connectivity index (χ3n) is 4.48. The summed E-state index contributed by atoms with van der Waals surface area (Å²) >= 11 is 0. The zero-order chi connectivity index (χ0) is 19.3. The van der Waals surface area contributed by atoms with Gasteiger partial charge in [-0.1, -0.05) is 0 Å². The quantitative estimate of drug-likeness (QED) is 0.658. The average Bonchev–Trinajstić information content (AvgIpc) is 3.38. The Labute approximate surface area is 162 Å². The Morgan fingerprint density at radius 3 is 2.96 bits per heavy atom. The van der Waals surface area contributed by atoms with E-state index in [0.717, 1.165) is 24.2 Å². The van der Waals surface area contributed by atoms with Crippen molar-refractivity contribution in [3.8, 4) is 0 Å². The molecule has 0 unspecified atom stereocenters. The van der Waals surface area contributed by atoms with Gasteiger partial charge in [0, 0.05) is 31.1 Å². The Kier molecular flexibility index (Phi) is 5.05. The molecule has 28 heavy (non-hydrogen) atoms. The van der Waals surface area contributed by atoms with Crippen molar-refractivity contribution in [1.29, 1.82) is 0 Å². The van der Waals surface area contributed by atoms with E-state index in [1.807, 2.05) is 17.9 Å². The zero-order valence-electron chi connectivity index (χ0n) is 15.4. The van der Waals surface area contributed by atoms with Gasteiger partial charge in [-0.05, 0) is 25.8 Å². The van der Waals surface area contributed by atoms with E-state index in [0.29, 0.717) is 24.0 Å². The maximum Gasteiger partial charge on any atom is 0.247 e. The van der Waals surface area contributed by atoms with Crippen molar-refractivity contribution in [1.82, 2.24) is 34.8 Å². The first-order chi connectivity index (χ1) is 13.7. The normalized spacial score (nSPS) is 16.6. The van der Waals surface area contributed by atoms with Crippen LogP contribution in [0.25, 0.3) is 6.08 Å². The highest BCUT2D eigenvalue weighted by molar-refractivity contribution is 5.92. The molecule has 9 heteroatoms. The molecular weight excluding hydrogens is 356 g/mol. The van der Waals surface area contributed by atoms with Crippen molar-refractivity contribution in [2.45, 2.75) is 25.8 Å². The molecule has 0 radical (unpaired) electrons. The lowest BCUT2D eigenvalue weighted by atomic mass is 10.1. The standard InChI is InChI=1S/C19H20N8O/c1-13-24-15(9-17(25-13)26-18-11-20-6-7-22-18)16-3-2-8-27(16)19(28)5-4-14-10-21-12-23-14/h4-7,9-12,16H,2-3,8H2,1H3,(H,21,23)(H,22,24,25,26)/b5-4+/t16-/m0/s1. The Balaban J connectivity index is 1.54. The van der Waals surface area contributed by atoms with E-state index in [-0.39, 0.29) is 11.9 Å². The molecule has 0 spiro atoms. The number of nitrogens with one attached hydrogen (secondary N) is 2. The van der Waals surface area contributed by atoms with Gasteiger partial charge >= 0.3 is 0 Å². The van der Waals surface area contributed by atoms with Gasteiger partial charge < -0.3 is 15.2 Å². The molecule has 3 aromatic rings. The molecule has 0 bridgehead atoms. The van der Waals surface area contributed by atoms with E-state index in [4.69, 9.17) is 0 Å². The Hall–Kier alpha value is -3.62. The van der Waals surface area contributed by atoms with Gasteiger partial charge in [0.2, 0.25) is 5.91 Å². The van der Waals surface area contributed by atoms with Crippen LogP contribution in [0.3, 0.4) is 0 Å². The first-order valence-electron chi connectivity index (χ1n) is 9.05. The number of aryl methyl sites for hydroxylation is 1. The number of imidazole rings is 1. The first-order valence-corrected chi connectivity index (χ1v) is 9.05. The number of nitrogens with zero attached hydrogens (tertiary/aromatic N) is 6. The molecule has 1 amide bonds. The lowest BCUT2D eigenvalue weighted by Gasteiger charge is -2.23. The fraction of sp³-hybridized carbons (Fsp3) is 0.263. The molecule has 1 saturated heterocycles. The molecule has 0 aromatic carbocycles. The molecule has 4 rings (SSSR count). The Bertz CT molecular complexity index is 971. The van der Waals surface area contributed by atoms with Crippen molar-refractivity contribution in [3.05, 3.63) is 60.5 Å². The van der Waals surface area contributed by atoms with Gasteiger partial charge in [0.05, 0.1) is 36.2 Å². The van der Waals surface area contributed by atoms with Crippen LogP contribution >= 0.6 is 0 Å². The molecule has 1 aliphatic rings. The predicted molar refractivity (Wildman–Crippen MR) is 103 cm³/mol. The van der Waals surface area contributed by atoms with Crippen LogP contribution in [0.15, 0.2) is 43.3 Å². The summed E-state index contributed by atoms with van der Waals surface area (Å²) in [6, 6.07) is 1.79. The number of aromatic amines is 1. The maximum atomic E-state index is 12.7. The van der Waals surface area contributed by atoms with E-state index < -0.39 is 0 Å². The van der Waals surface area contributed by atoms with Gasteiger partial charge in [0.15, 0.2) is 0 Å². The van der Waals surface area contributed by atoms with Gasteiger partial charge in [-0.15, -0.1) is 0 Å². The molecule has 1 aliphatic heterocycles. The third-order valence-corrected chi connectivity index (χ3v) is 4.48. The summed E-state index contributed by atoms with van der Waals surface area (Å²) in [4.78, 5) is 38.7. The summed E-state index contributed by atoms with van der Waals surface area (Å²) in [5.41, 5.74) is 1.61. The van der Waals surface area contributed by atoms with Crippen LogP contribution in [0.4, 0.5) is 11.6 Å². The summed E-state index contributed by atoms with van der Waals surface area (Å²) in [6.45, 7) is 2.54. The number of aromatic nitrogens is 6. The predicted octanol–water partition coefficient (Wildman–Crippen LogP) is 2.42. The van der Waals surface area contributed by atoms with Crippen LogP contribution in [-0.4, -0.2) is 47.3 Å². The van der Waals surface area contributed by atoms with Crippen LogP contribution in [0.5, 0.6) is 0 Å². The molecule has 4 heterocycles. The Morgan fingerprint density at radius 1 is 1.25 bits per heavy atom. The number of amides is 1. The van der Waals surface area contributed by atoms with Crippen molar-refractivity contribution in [3.63, 3.8) is 0 Å². The van der Waals surface area contributed by atoms with Gasteiger partial charge in [-0.2, -0.15) is 0 Å². The molecular formula is C19H20N8O. The number of H-pyrrole nitrogens is 1. The molecule has 0 saturated carbocycles. The number of carbonyl (C=O) groups is 1. The maximum absolute atomic E-state index is 12.7. The lowest BCUT2D eigenvalue weighted by molar-refractivity contribution is -0.126. The van der Waals surface area contributed by atoms with Crippen molar-refractivity contribution in [2.24, 2.45) is 0 Å². The monoisotopic (exact) mass is 376 g/mol. The van der Waals surface area contributed by atoms with E-state index in [1.54, 1.807) is 43.3 Å². The van der Waals surface area contributed by atoms with Gasteiger partial charge in [0.1, 0.15) is 17.5 Å². The first kappa shape index (κ1) is 17.8. The van der Waals surface area contributed by atoms with Crippen LogP contribution in [0, 0.1) is 6.92 Å². The fourth-order valence-electron chi connectivity index (χ4n) is 3.27. The zero-order valence-corrected chi connectivity index (χ0v) is 15.4.